The monoisotopic (exact) mass is 338 g/mol. The van der Waals surface area contributed by atoms with Crippen LogP contribution < -0.4 is 5.32 Å². The molecule has 24 heavy (non-hydrogen) atoms. The van der Waals surface area contributed by atoms with Crippen molar-refractivity contribution in [3.63, 3.8) is 0 Å². The summed E-state index contributed by atoms with van der Waals surface area (Å²) in [6.07, 6.45) is 0. The van der Waals surface area contributed by atoms with Crippen molar-refractivity contribution in [3.05, 3.63) is 66.2 Å². The normalized spacial score (nSPS) is 11.9. The number of hydrogen-bond donors (Lipinski definition) is 2. The van der Waals surface area contributed by atoms with Gasteiger partial charge in [-0.3, -0.25) is 9.89 Å². The van der Waals surface area contributed by atoms with Crippen molar-refractivity contribution in [3.8, 4) is 11.4 Å². The number of rotatable bonds is 6. The molecule has 6 heteroatoms. The highest BCUT2D eigenvalue weighted by atomic mass is 32.2. The Morgan fingerprint density at radius 3 is 2.50 bits per heavy atom. The molecule has 0 saturated heterocycles. The predicted octanol–water partition coefficient (Wildman–Crippen LogP) is 3.44. The smallest absolute Gasteiger partial charge is 0.230 e. The number of aromatic amines is 1. The maximum Gasteiger partial charge on any atom is 0.230 e. The Hall–Kier alpha value is -2.60. The molecular formula is C18H18N4OS. The van der Waals surface area contributed by atoms with E-state index in [9.17, 15) is 4.79 Å². The standard InChI is InChI=1S/C18H18N4OS/c1-13(14-8-4-2-5-9-14)19-16(23)12-24-18-20-17(21-22-18)15-10-6-3-7-11-15/h2-11,13H,12H2,1H3,(H,19,23)(H,20,21,22)/t13-/m0/s1. The Labute approximate surface area is 144 Å². The van der Waals surface area contributed by atoms with Gasteiger partial charge in [0.25, 0.3) is 0 Å². The Kier molecular flexibility index (Phi) is 5.28. The molecule has 5 nitrogen and oxygen atoms in total. The lowest BCUT2D eigenvalue weighted by Gasteiger charge is -2.13. The fraction of sp³-hybridized carbons (Fsp3) is 0.167. The van der Waals surface area contributed by atoms with E-state index < -0.39 is 0 Å². The summed E-state index contributed by atoms with van der Waals surface area (Å²) in [5.74, 6) is 0.946. The molecule has 2 aromatic carbocycles. The van der Waals surface area contributed by atoms with Crippen LogP contribution in [-0.4, -0.2) is 26.8 Å². The van der Waals surface area contributed by atoms with E-state index in [-0.39, 0.29) is 17.7 Å². The Morgan fingerprint density at radius 2 is 1.79 bits per heavy atom. The minimum atomic E-state index is -0.0394. The number of hydrogen-bond acceptors (Lipinski definition) is 4. The van der Waals surface area contributed by atoms with E-state index in [2.05, 4.69) is 20.5 Å². The predicted molar refractivity (Wildman–Crippen MR) is 95.5 cm³/mol. The SMILES string of the molecule is C[C@H](NC(=O)CSc1n[nH]c(-c2ccccc2)n1)c1ccccc1. The molecule has 3 rings (SSSR count). The van der Waals surface area contributed by atoms with Gasteiger partial charge in [-0.2, -0.15) is 0 Å². The average Bonchev–Trinajstić information content (AvgIpc) is 3.10. The quantitative estimate of drug-likeness (QED) is 0.676. The van der Waals surface area contributed by atoms with E-state index in [4.69, 9.17) is 0 Å². The number of carbonyl (C=O) groups is 1. The molecular weight excluding hydrogens is 320 g/mol. The Morgan fingerprint density at radius 1 is 1.12 bits per heavy atom. The van der Waals surface area contributed by atoms with Gasteiger partial charge in [0.05, 0.1) is 11.8 Å². The zero-order valence-corrected chi connectivity index (χ0v) is 14.1. The van der Waals surface area contributed by atoms with Gasteiger partial charge in [0.1, 0.15) is 0 Å². The summed E-state index contributed by atoms with van der Waals surface area (Å²) in [6.45, 7) is 1.97. The molecule has 0 unspecified atom stereocenters. The molecule has 0 spiro atoms. The minimum Gasteiger partial charge on any atom is -0.349 e. The fourth-order valence-electron chi connectivity index (χ4n) is 2.27. The van der Waals surface area contributed by atoms with Gasteiger partial charge < -0.3 is 5.32 Å². The highest BCUT2D eigenvalue weighted by Gasteiger charge is 2.12. The largest absolute Gasteiger partial charge is 0.349 e. The second-order valence-electron chi connectivity index (χ2n) is 5.32. The summed E-state index contributed by atoms with van der Waals surface area (Å²) in [6, 6.07) is 19.6. The van der Waals surface area contributed by atoms with Gasteiger partial charge in [0, 0.05) is 5.56 Å². The topological polar surface area (TPSA) is 70.7 Å². The molecule has 2 N–H and O–H groups in total. The van der Waals surface area contributed by atoms with Crippen LogP contribution in [0.1, 0.15) is 18.5 Å². The van der Waals surface area contributed by atoms with Gasteiger partial charge in [0.2, 0.25) is 11.1 Å². The Bertz CT molecular complexity index is 789. The summed E-state index contributed by atoms with van der Waals surface area (Å²) >= 11 is 1.32. The number of H-pyrrole nitrogens is 1. The molecule has 0 aliphatic carbocycles. The number of thioether (sulfide) groups is 1. The molecule has 0 saturated carbocycles. The minimum absolute atomic E-state index is 0.0219. The lowest BCUT2D eigenvalue weighted by atomic mass is 10.1. The molecule has 0 bridgehead atoms. The zero-order valence-electron chi connectivity index (χ0n) is 13.3. The maximum absolute atomic E-state index is 12.1. The molecule has 1 atom stereocenters. The molecule has 0 fully saturated rings. The van der Waals surface area contributed by atoms with Crippen LogP contribution in [0.2, 0.25) is 0 Å². The molecule has 0 aliphatic rings. The van der Waals surface area contributed by atoms with Gasteiger partial charge in [-0.1, -0.05) is 72.4 Å². The number of nitrogens with one attached hydrogen (secondary N) is 2. The van der Waals surface area contributed by atoms with Gasteiger partial charge in [-0.25, -0.2) is 4.98 Å². The highest BCUT2D eigenvalue weighted by Crippen LogP contribution is 2.19. The lowest BCUT2D eigenvalue weighted by molar-refractivity contribution is -0.119. The fourth-order valence-corrected chi connectivity index (χ4v) is 2.88. The first-order chi connectivity index (χ1) is 11.7. The van der Waals surface area contributed by atoms with E-state index in [1.165, 1.54) is 11.8 Å². The van der Waals surface area contributed by atoms with E-state index in [1.54, 1.807) is 0 Å². The third-order valence-corrected chi connectivity index (χ3v) is 4.37. The van der Waals surface area contributed by atoms with E-state index in [1.807, 2.05) is 67.6 Å². The average molecular weight is 338 g/mol. The number of aromatic nitrogens is 3. The van der Waals surface area contributed by atoms with Gasteiger partial charge in [-0.05, 0) is 12.5 Å². The summed E-state index contributed by atoms with van der Waals surface area (Å²) in [5.41, 5.74) is 2.05. The van der Waals surface area contributed by atoms with Crippen molar-refractivity contribution in [2.45, 2.75) is 18.1 Å². The van der Waals surface area contributed by atoms with Crippen LogP contribution in [0.4, 0.5) is 0 Å². The van der Waals surface area contributed by atoms with E-state index >= 15 is 0 Å². The molecule has 0 radical (unpaired) electrons. The molecule has 1 amide bonds. The summed E-state index contributed by atoms with van der Waals surface area (Å²) in [4.78, 5) is 16.5. The molecule has 1 aromatic heterocycles. The van der Waals surface area contributed by atoms with Crippen molar-refractivity contribution < 1.29 is 4.79 Å². The Balaban J connectivity index is 1.53. The maximum atomic E-state index is 12.1. The third kappa shape index (κ3) is 4.23. The second kappa shape index (κ2) is 7.79. The van der Waals surface area contributed by atoms with Crippen molar-refractivity contribution in [2.75, 3.05) is 5.75 Å². The van der Waals surface area contributed by atoms with E-state index in [0.29, 0.717) is 11.0 Å². The summed E-state index contributed by atoms with van der Waals surface area (Å²) < 4.78 is 0. The second-order valence-corrected chi connectivity index (χ2v) is 6.26. The lowest BCUT2D eigenvalue weighted by Crippen LogP contribution is -2.28. The van der Waals surface area contributed by atoms with Crippen molar-refractivity contribution in [1.82, 2.24) is 20.5 Å². The van der Waals surface area contributed by atoms with Crippen LogP contribution in [0.5, 0.6) is 0 Å². The molecule has 0 aliphatic heterocycles. The first-order valence-electron chi connectivity index (χ1n) is 7.67. The van der Waals surface area contributed by atoms with Crippen LogP contribution in [0.3, 0.4) is 0 Å². The van der Waals surface area contributed by atoms with Gasteiger partial charge >= 0.3 is 0 Å². The molecule has 122 valence electrons. The van der Waals surface area contributed by atoms with Crippen LogP contribution in [0.25, 0.3) is 11.4 Å². The number of carbonyl (C=O) groups excluding carboxylic acids is 1. The zero-order chi connectivity index (χ0) is 16.8. The number of amides is 1. The first-order valence-corrected chi connectivity index (χ1v) is 8.66. The third-order valence-electron chi connectivity index (χ3n) is 3.52. The summed E-state index contributed by atoms with van der Waals surface area (Å²) in [7, 11) is 0. The number of nitrogens with zero attached hydrogens (tertiary/aromatic N) is 2. The van der Waals surface area contributed by atoms with Crippen LogP contribution in [-0.2, 0) is 4.79 Å². The van der Waals surface area contributed by atoms with Crippen LogP contribution in [0, 0.1) is 0 Å². The van der Waals surface area contributed by atoms with Crippen molar-refractivity contribution in [2.24, 2.45) is 0 Å². The highest BCUT2D eigenvalue weighted by molar-refractivity contribution is 7.99. The summed E-state index contributed by atoms with van der Waals surface area (Å²) in [5, 5.41) is 10.6. The number of benzene rings is 2. The van der Waals surface area contributed by atoms with Gasteiger partial charge in [-0.15, -0.1) is 5.10 Å². The van der Waals surface area contributed by atoms with E-state index in [0.717, 1.165) is 11.1 Å². The van der Waals surface area contributed by atoms with Crippen LogP contribution >= 0.6 is 11.8 Å². The first kappa shape index (κ1) is 16.3. The van der Waals surface area contributed by atoms with Crippen LogP contribution in [0.15, 0.2) is 65.8 Å². The van der Waals surface area contributed by atoms with Crippen molar-refractivity contribution in [1.29, 1.82) is 0 Å². The molecule has 1 heterocycles. The van der Waals surface area contributed by atoms with Crippen molar-refractivity contribution >= 4 is 17.7 Å². The van der Waals surface area contributed by atoms with Gasteiger partial charge in [0.15, 0.2) is 5.82 Å². The molecule has 3 aromatic rings.